The van der Waals surface area contributed by atoms with Crippen LogP contribution < -0.4 is 10.2 Å². The summed E-state index contributed by atoms with van der Waals surface area (Å²) < 4.78 is 5.61. The van der Waals surface area contributed by atoms with Gasteiger partial charge in [0, 0.05) is 30.1 Å². The predicted octanol–water partition coefficient (Wildman–Crippen LogP) is 4.88. The molecular weight excluding hydrogens is 466 g/mol. The number of rotatable bonds is 4. The van der Waals surface area contributed by atoms with Gasteiger partial charge in [-0.15, -0.1) is 5.10 Å². The number of aromatic nitrogens is 3. The molecule has 4 heterocycles. The van der Waals surface area contributed by atoms with E-state index < -0.39 is 5.60 Å². The van der Waals surface area contributed by atoms with Crippen molar-refractivity contribution in [2.45, 2.75) is 71.7 Å². The third kappa shape index (κ3) is 4.64. The van der Waals surface area contributed by atoms with E-state index >= 15 is 0 Å². The number of likely N-dealkylation sites (tertiary alicyclic amines) is 1. The molecular formula is C28H33N7O2. The fourth-order valence-corrected chi connectivity index (χ4v) is 5.44. The average molecular weight is 500 g/mol. The number of hydrogen-bond donors (Lipinski definition) is 1. The molecule has 2 fully saturated rings. The molecule has 0 radical (unpaired) electrons. The van der Waals surface area contributed by atoms with E-state index in [0.29, 0.717) is 17.9 Å². The van der Waals surface area contributed by atoms with Crippen LogP contribution in [-0.4, -0.2) is 56.9 Å². The molecule has 2 aliphatic heterocycles. The van der Waals surface area contributed by atoms with Gasteiger partial charge >= 0.3 is 6.09 Å². The number of nitrogens with one attached hydrogen (secondary N) is 1. The lowest BCUT2D eigenvalue weighted by atomic mass is 9.98. The van der Waals surface area contributed by atoms with Crippen LogP contribution in [0.15, 0.2) is 30.5 Å². The molecule has 0 saturated carbocycles. The number of fused-ring (bicyclic) bond motifs is 3. The number of pyridine rings is 1. The van der Waals surface area contributed by atoms with Gasteiger partial charge < -0.3 is 19.9 Å². The van der Waals surface area contributed by atoms with Crippen molar-refractivity contribution in [3.63, 3.8) is 0 Å². The van der Waals surface area contributed by atoms with Crippen LogP contribution in [0.3, 0.4) is 0 Å². The molecule has 1 amide bonds. The van der Waals surface area contributed by atoms with Crippen molar-refractivity contribution < 1.29 is 9.53 Å². The summed E-state index contributed by atoms with van der Waals surface area (Å²) in [5, 5.41) is 23.7. The molecule has 1 aromatic carbocycles. The molecule has 2 bridgehead atoms. The van der Waals surface area contributed by atoms with E-state index in [2.05, 4.69) is 39.5 Å². The first-order chi connectivity index (χ1) is 17.6. The van der Waals surface area contributed by atoms with Crippen LogP contribution in [0.2, 0.25) is 0 Å². The van der Waals surface area contributed by atoms with Gasteiger partial charge in [-0.1, -0.05) is 12.1 Å². The van der Waals surface area contributed by atoms with Gasteiger partial charge in [0.05, 0.1) is 35.5 Å². The average Bonchev–Trinajstić information content (AvgIpc) is 3.46. The highest BCUT2D eigenvalue weighted by Crippen LogP contribution is 2.37. The van der Waals surface area contributed by atoms with Crippen LogP contribution in [0, 0.1) is 25.2 Å². The largest absolute Gasteiger partial charge is 0.444 e. The summed E-state index contributed by atoms with van der Waals surface area (Å²) in [6, 6.07) is 10.3. The van der Waals surface area contributed by atoms with Crippen molar-refractivity contribution in [3.05, 3.63) is 52.8 Å². The third-order valence-electron chi connectivity index (χ3n) is 7.31. The summed E-state index contributed by atoms with van der Waals surface area (Å²) in [7, 11) is 0. The minimum atomic E-state index is -0.508. The maximum atomic E-state index is 12.7. The molecule has 2 unspecified atom stereocenters. The topological polar surface area (TPSA) is 107 Å². The lowest BCUT2D eigenvalue weighted by molar-refractivity contribution is 0.0214. The second-order valence-electron chi connectivity index (χ2n) is 11.0. The zero-order chi connectivity index (χ0) is 26.5. The van der Waals surface area contributed by atoms with Crippen LogP contribution in [0.25, 0.3) is 10.8 Å². The molecule has 9 heteroatoms. The monoisotopic (exact) mass is 499 g/mol. The smallest absolute Gasteiger partial charge is 0.410 e. The van der Waals surface area contributed by atoms with Crippen LogP contribution in [0.5, 0.6) is 0 Å². The van der Waals surface area contributed by atoms with E-state index in [0.717, 1.165) is 46.4 Å². The van der Waals surface area contributed by atoms with Crippen molar-refractivity contribution >= 4 is 28.5 Å². The molecule has 3 aromatic rings. The number of ether oxygens (including phenoxy) is 1. The Labute approximate surface area is 217 Å². The zero-order valence-corrected chi connectivity index (χ0v) is 22.2. The molecule has 37 heavy (non-hydrogen) atoms. The lowest BCUT2D eigenvalue weighted by Crippen LogP contribution is -2.50. The number of aryl methyl sites for hydroxylation is 1. The lowest BCUT2D eigenvalue weighted by Gasteiger charge is -2.35. The SMILES string of the molecule is Cc1c(C#N)cccc1[C@@H](C)Nc1nnc(C)c2cnc(N3CC4CC3CN4C(=O)OC(C)(C)C)cc12. The van der Waals surface area contributed by atoms with Gasteiger partial charge in [0.15, 0.2) is 5.82 Å². The quantitative estimate of drug-likeness (QED) is 0.541. The van der Waals surface area contributed by atoms with Gasteiger partial charge in [-0.3, -0.25) is 0 Å². The van der Waals surface area contributed by atoms with Crippen LogP contribution >= 0.6 is 0 Å². The summed E-state index contributed by atoms with van der Waals surface area (Å²) in [6.07, 6.45) is 2.53. The van der Waals surface area contributed by atoms with Gasteiger partial charge in [0.25, 0.3) is 0 Å². The minimum absolute atomic E-state index is 0.0738. The normalized spacial score (nSPS) is 19.7. The van der Waals surface area contributed by atoms with Crippen molar-refractivity contribution in [3.8, 4) is 6.07 Å². The van der Waals surface area contributed by atoms with Gasteiger partial charge in [-0.25, -0.2) is 9.78 Å². The number of piperazine rings is 1. The molecule has 2 aliphatic rings. The molecule has 2 saturated heterocycles. The second kappa shape index (κ2) is 9.18. The number of anilines is 2. The number of amides is 1. The van der Waals surface area contributed by atoms with Gasteiger partial charge in [-0.05, 0) is 71.2 Å². The van der Waals surface area contributed by atoms with Crippen LogP contribution in [0.4, 0.5) is 16.4 Å². The molecule has 3 atom stereocenters. The first-order valence-electron chi connectivity index (χ1n) is 12.7. The van der Waals surface area contributed by atoms with Crippen molar-refractivity contribution in [2.75, 3.05) is 23.3 Å². The van der Waals surface area contributed by atoms with Gasteiger partial charge in [-0.2, -0.15) is 10.4 Å². The zero-order valence-electron chi connectivity index (χ0n) is 22.2. The Bertz CT molecular complexity index is 1410. The van der Waals surface area contributed by atoms with Crippen molar-refractivity contribution in [1.82, 2.24) is 20.1 Å². The molecule has 0 aliphatic carbocycles. The maximum absolute atomic E-state index is 12.7. The highest BCUT2D eigenvalue weighted by Gasteiger charge is 2.47. The summed E-state index contributed by atoms with van der Waals surface area (Å²) >= 11 is 0. The van der Waals surface area contributed by atoms with E-state index in [1.54, 1.807) is 0 Å². The molecule has 9 nitrogen and oxygen atoms in total. The molecule has 1 N–H and O–H groups in total. The van der Waals surface area contributed by atoms with Crippen LogP contribution in [0.1, 0.15) is 62.5 Å². The van der Waals surface area contributed by atoms with Crippen LogP contribution in [-0.2, 0) is 4.74 Å². The summed E-state index contributed by atoms with van der Waals surface area (Å²) in [5.41, 5.74) is 2.98. The fraction of sp³-hybridized carbons (Fsp3) is 0.464. The second-order valence-corrected chi connectivity index (χ2v) is 11.0. The summed E-state index contributed by atoms with van der Waals surface area (Å²) in [5.74, 6) is 1.55. The Morgan fingerprint density at radius 2 is 1.97 bits per heavy atom. The number of carbonyl (C=O) groups excluding carboxylic acids is 1. The van der Waals surface area contributed by atoms with E-state index in [4.69, 9.17) is 9.72 Å². The molecule has 192 valence electrons. The molecule has 5 rings (SSSR count). The molecule has 2 aromatic heterocycles. The van der Waals surface area contributed by atoms with E-state index in [-0.39, 0.29) is 24.2 Å². The minimum Gasteiger partial charge on any atom is -0.444 e. The Morgan fingerprint density at radius 3 is 2.65 bits per heavy atom. The maximum Gasteiger partial charge on any atom is 0.410 e. The Kier molecular flexibility index (Phi) is 6.14. The first kappa shape index (κ1) is 24.8. The number of nitriles is 1. The first-order valence-corrected chi connectivity index (χ1v) is 12.7. The third-order valence-corrected chi connectivity index (χ3v) is 7.31. The Morgan fingerprint density at radius 1 is 1.19 bits per heavy atom. The summed E-state index contributed by atoms with van der Waals surface area (Å²) in [6.45, 7) is 13.0. The van der Waals surface area contributed by atoms with E-state index in [9.17, 15) is 10.1 Å². The van der Waals surface area contributed by atoms with Gasteiger partial charge in [0.1, 0.15) is 11.4 Å². The number of benzene rings is 1. The number of carbonyl (C=O) groups is 1. The fourth-order valence-electron chi connectivity index (χ4n) is 5.44. The Hall–Kier alpha value is -3.93. The van der Waals surface area contributed by atoms with E-state index in [1.165, 1.54) is 0 Å². The highest BCUT2D eigenvalue weighted by molar-refractivity contribution is 5.94. The predicted molar refractivity (Wildman–Crippen MR) is 142 cm³/mol. The van der Waals surface area contributed by atoms with Crippen molar-refractivity contribution in [1.29, 1.82) is 5.26 Å². The summed E-state index contributed by atoms with van der Waals surface area (Å²) in [4.78, 5) is 21.6. The standard InChI is InChI=1S/C28H33N7O2/c1-16-19(12-29)8-7-9-22(16)17(2)31-26-23-11-25(30-13-24(23)18(3)32-33-26)34-14-21-10-20(34)15-35(21)27(36)37-28(4,5)6/h7-9,11,13,17,20-21H,10,14-15H2,1-6H3,(H,31,33)/t17-,20?,21?/m1/s1. The molecule has 0 spiro atoms. The highest BCUT2D eigenvalue weighted by atomic mass is 16.6. The van der Waals surface area contributed by atoms with E-state index in [1.807, 2.05) is 63.9 Å². The number of hydrogen-bond acceptors (Lipinski definition) is 8. The Balaban J connectivity index is 1.40. The van der Waals surface area contributed by atoms with Crippen molar-refractivity contribution in [2.24, 2.45) is 0 Å². The number of nitrogens with zero attached hydrogens (tertiary/aromatic N) is 6. The van der Waals surface area contributed by atoms with Gasteiger partial charge in [0.2, 0.25) is 0 Å².